The summed E-state index contributed by atoms with van der Waals surface area (Å²) in [5.74, 6) is 0. The number of thioether (sulfide) groups is 1. The van der Waals surface area contributed by atoms with E-state index >= 15 is 0 Å². The molecule has 0 saturated heterocycles. The van der Waals surface area contributed by atoms with Crippen LogP contribution < -0.4 is 58.2 Å². The zero-order chi connectivity index (χ0) is 9.07. The number of hydrogen-bond donors (Lipinski definition) is 0. The van der Waals surface area contributed by atoms with Gasteiger partial charge in [-0.05, 0) is 12.5 Å². The first-order valence-corrected chi connectivity index (χ1v) is 5.15. The van der Waals surface area contributed by atoms with Gasteiger partial charge in [-0.15, -0.1) is 0 Å². The Bertz CT molecular complexity index is 269. The van der Waals surface area contributed by atoms with E-state index in [0.717, 1.165) is 0 Å². The second-order valence-corrected chi connectivity index (χ2v) is 4.61. The predicted molar refractivity (Wildman–Crippen MR) is 42.0 cm³/mol. The Kier molecular flexibility index (Phi) is 9.10. The Morgan fingerprint density at radius 1 is 1.58 bits per heavy atom. The van der Waals surface area contributed by atoms with Crippen molar-refractivity contribution in [3.8, 4) is 0 Å². The van der Waals surface area contributed by atoms with Crippen molar-refractivity contribution in [1.29, 1.82) is 0 Å². The zero-order valence-corrected chi connectivity index (χ0v) is 13.4. The van der Waals surface area contributed by atoms with Crippen molar-refractivity contribution in [3.63, 3.8) is 0 Å². The van der Waals surface area contributed by atoms with Crippen LogP contribution in [0, 0.1) is 0 Å². The molecule has 0 bridgehead atoms. The third kappa shape index (κ3) is 9.56. The molecule has 0 aliphatic carbocycles. The van der Waals surface area contributed by atoms with E-state index in [1.807, 2.05) is 0 Å². The molecule has 4 nitrogen and oxygen atoms in total. The maximum absolute atomic E-state index is 10.6. The van der Waals surface area contributed by atoms with Gasteiger partial charge in [0, 0.05) is 0 Å². The van der Waals surface area contributed by atoms with Gasteiger partial charge in [0.1, 0.15) is 10.1 Å². The minimum absolute atomic E-state index is 0. The summed E-state index contributed by atoms with van der Waals surface area (Å²) in [6.45, 7) is 4.74. The van der Waals surface area contributed by atoms with Crippen molar-refractivity contribution >= 4 is 27.0 Å². The first-order valence-electron chi connectivity index (χ1n) is 2.59. The second kappa shape index (κ2) is 6.86. The molecular formula is C5H7O4RbS2. The van der Waals surface area contributed by atoms with Crippen molar-refractivity contribution in [2.75, 3.05) is 5.08 Å². The van der Waals surface area contributed by atoms with Gasteiger partial charge in [-0.2, -0.15) is 0 Å². The van der Waals surface area contributed by atoms with Crippen LogP contribution in [-0.4, -0.2) is 23.2 Å². The summed E-state index contributed by atoms with van der Waals surface area (Å²) in [4.78, 5) is 10.6. The Balaban J connectivity index is 0. The fraction of sp³-hybridized carbons (Fsp3) is 0.400. The van der Waals surface area contributed by atoms with Gasteiger partial charge in [0.25, 0.3) is 0 Å². The summed E-state index contributed by atoms with van der Waals surface area (Å²) < 4.78 is 30.0. The molecule has 12 heavy (non-hydrogen) atoms. The predicted octanol–water partition coefficient (Wildman–Crippen LogP) is -2.67. The van der Waals surface area contributed by atoms with Crippen LogP contribution in [0.1, 0.15) is 6.92 Å². The molecule has 0 aromatic carbocycles. The standard InChI is InChI=1S/C5H8O4S2.Rb/c1-4(2)5(6)10-3-11(7,8)9;/h1,3H2,2H3,(H,7,8,9);/q;+1/p-1. The first kappa shape index (κ1) is 15.9. The molecule has 0 fully saturated rings. The van der Waals surface area contributed by atoms with Crippen molar-refractivity contribution in [2.45, 2.75) is 6.92 Å². The van der Waals surface area contributed by atoms with Gasteiger partial charge in [0.2, 0.25) is 5.12 Å². The molecule has 0 radical (unpaired) electrons. The normalized spacial score (nSPS) is 10.2. The van der Waals surface area contributed by atoms with E-state index in [2.05, 4.69) is 6.58 Å². The van der Waals surface area contributed by atoms with Crippen LogP contribution in [-0.2, 0) is 14.9 Å². The average molecular weight is 281 g/mol. The van der Waals surface area contributed by atoms with Crippen LogP contribution in [0.5, 0.6) is 0 Å². The fourth-order valence-corrected chi connectivity index (χ4v) is 1.50. The number of carbonyl (C=O) groups is 1. The summed E-state index contributed by atoms with van der Waals surface area (Å²) in [7, 11) is -4.30. The third-order valence-electron chi connectivity index (χ3n) is 0.683. The van der Waals surface area contributed by atoms with Gasteiger partial charge in [0.15, 0.2) is 0 Å². The van der Waals surface area contributed by atoms with Crippen molar-refractivity contribution in [2.24, 2.45) is 0 Å². The molecule has 0 amide bonds. The molecule has 0 unspecified atom stereocenters. The molecule has 64 valence electrons. The van der Waals surface area contributed by atoms with Gasteiger partial charge < -0.3 is 4.55 Å². The quantitative estimate of drug-likeness (QED) is 0.416. The summed E-state index contributed by atoms with van der Waals surface area (Å²) in [5.41, 5.74) is 0.235. The zero-order valence-electron chi connectivity index (χ0n) is 6.86. The summed E-state index contributed by atoms with van der Waals surface area (Å²) in [5, 5.41) is -1.19. The molecule has 0 saturated carbocycles. The number of carbonyl (C=O) groups excluding carboxylic acids is 1. The van der Waals surface area contributed by atoms with Crippen molar-refractivity contribution < 1.29 is 76.0 Å². The van der Waals surface area contributed by atoms with Gasteiger partial charge in [-0.25, -0.2) is 8.42 Å². The Hall–Kier alpha value is 1.48. The molecule has 0 rings (SSSR count). The Labute approximate surface area is 125 Å². The summed E-state index contributed by atoms with van der Waals surface area (Å²) >= 11 is 0.453. The minimum Gasteiger partial charge on any atom is -0.747 e. The number of rotatable bonds is 3. The molecular weight excluding hydrogens is 274 g/mol. The van der Waals surface area contributed by atoms with E-state index in [1.165, 1.54) is 6.92 Å². The minimum atomic E-state index is -4.30. The summed E-state index contributed by atoms with van der Waals surface area (Å²) in [6.07, 6.45) is 0. The fourth-order valence-electron chi connectivity index (χ4n) is 0.249. The molecule has 0 N–H and O–H groups in total. The molecule has 0 aliphatic rings. The maximum atomic E-state index is 10.6. The molecule has 0 heterocycles. The maximum Gasteiger partial charge on any atom is 1.00 e. The van der Waals surface area contributed by atoms with Gasteiger partial charge in [-0.3, -0.25) is 4.79 Å². The van der Waals surface area contributed by atoms with Gasteiger partial charge in [-0.1, -0.05) is 18.3 Å². The van der Waals surface area contributed by atoms with Crippen LogP contribution in [0.3, 0.4) is 0 Å². The topological polar surface area (TPSA) is 74.3 Å². The van der Waals surface area contributed by atoms with Crippen LogP contribution in [0.2, 0.25) is 0 Å². The van der Waals surface area contributed by atoms with Crippen LogP contribution in [0.4, 0.5) is 0 Å². The Morgan fingerprint density at radius 3 is 2.25 bits per heavy atom. The smallest absolute Gasteiger partial charge is 0.747 e. The van der Waals surface area contributed by atoms with E-state index in [9.17, 15) is 17.8 Å². The summed E-state index contributed by atoms with van der Waals surface area (Å²) in [6, 6.07) is 0. The van der Waals surface area contributed by atoms with E-state index in [-0.39, 0.29) is 63.8 Å². The monoisotopic (exact) mass is 280 g/mol. The van der Waals surface area contributed by atoms with Gasteiger partial charge >= 0.3 is 58.2 Å². The van der Waals surface area contributed by atoms with Crippen LogP contribution >= 0.6 is 11.8 Å². The van der Waals surface area contributed by atoms with Crippen molar-refractivity contribution in [1.82, 2.24) is 0 Å². The van der Waals surface area contributed by atoms with Gasteiger partial charge in [0.05, 0.1) is 5.08 Å². The molecule has 0 spiro atoms. The third-order valence-corrected chi connectivity index (χ3v) is 2.92. The molecule has 0 aliphatic heterocycles. The average Bonchev–Trinajstić information content (AvgIpc) is 1.80. The van der Waals surface area contributed by atoms with E-state index in [1.54, 1.807) is 0 Å². The van der Waals surface area contributed by atoms with E-state index < -0.39 is 20.3 Å². The molecule has 0 aromatic heterocycles. The van der Waals surface area contributed by atoms with Crippen LogP contribution in [0.25, 0.3) is 0 Å². The molecule has 0 atom stereocenters. The van der Waals surface area contributed by atoms with E-state index in [0.29, 0.717) is 11.8 Å². The van der Waals surface area contributed by atoms with Crippen molar-refractivity contribution in [3.05, 3.63) is 12.2 Å². The second-order valence-electron chi connectivity index (χ2n) is 1.89. The first-order chi connectivity index (χ1) is 4.83. The molecule has 7 heteroatoms. The SMILES string of the molecule is C=C(C)C(=O)SCS(=O)(=O)[O-].[Rb+]. The Morgan fingerprint density at radius 2 is 2.00 bits per heavy atom. The van der Waals surface area contributed by atoms with Crippen LogP contribution in [0.15, 0.2) is 12.2 Å². The molecule has 0 aromatic rings. The van der Waals surface area contributed by atoms with E-state index in [4.69, 9.17) is 0 Å². The number of hydrogen-bond acceptors (Lipinski definition) is 5. The largest absolute Gasteiger partial charge is 1.00 e.